The van der Waals surface area contributed by atoms with Gasteiger partial charge in [0.15, 0.2) is 0 Å². The maximum Gasteiger partial charge on any atom is 0.295 e. The van der Waals surface area contributed by atoms with Crippen LogP contribution < -0.4 is 4.74 Å². The van der Waals surface area contributed by atoms with E-state index < -0.39 is 17.7 Å². The molecule has 2 aliphatic rings. The predicted molar refractivity (Wildman–Crippen MR) is 116 cm³/mol. The number of aliphatic hydroxyl groups is 1. The summed E-state index contributed by atoms with van der Waals surface area (Å²) in [5.74, 6) is -0.975. The first kappa shape index (κ1) is 19.8. The maximum atomic E-state index is 13.1. The van der Waals surface area contributed by atoms with Crippen LogP contribution in [0.2, 0.25) is 0 Å². The van der Waals surface area contributed by atoms with Crippen LogP contribution in [0.5, 0.6) is 11.5 Å². The van der Waals surface area contributed by atoms with E-state index in [-0.39, 0.29) is 23.6 Å². The number of aromatic nitrogens is 1. The van der Waals surface area contributed by atoms with E-state index in [4.69, 9.17) is 4.74 Å². The van der Waals surface area contributed by atoms with Crippen molar-refractivity contribution in [1.29, 1.82) is 0 Å². The van der Waals surface area contributed by atoms with Gasteiger partial charge in [-0.25, -0.2) is 0 Å². The number of hydrogen-bond acceptors (Lipinski definition) is 6. The molecule has 1 aromatic heterocycles. The van der Waals surface area contributed by atoms with E-state index in [2.05, 4.69) is 4.98 Å². The van der Waals surface area contributed by atoms with Crippen molar-refractivity contribution in [2.75, 3.05) is 6.61 Å². The molecule has 2 N–H and O–H groups in total. The monoisotopic (exact) mass is 428 g/mol. The van der Waals surface area contributed by atoms with E-state index in [0.29, 0.717) is 24.2 Å². The third-order valence-electron chi connectivity index (χ3n) is 5.76. The molecular weight excluding hydrogens is 408 g/mol. The first-order valence-electron chi connectivity index (χ1n) is 10.3. The molecular formula is C25H20N2O5. The molecule has 1 amide bonds. The minimum absolute atomic E-state index is 0.00384. The Hall–Kier alpha value is -4.13. The number of pyridine rings is 1. The number of phenolic OH excluding ortho intramolecular Hbond substituents is 1. The van der Waals surface area contributed by atoms with Crippen molar-refractivity contribution < 1.29 is 24.5 Å². The number of fused-ring (bicyclic) bond motifs is 1. The van der Waals surface area contributed by atoms with Gasteiger partial charge >= 0.3 is 0 Å². The van der Waals surface area contributed by atoms with Gasteiger partial charge in [0.05, 0.1) is 18.2 Å². The van der Waals surface area contributed by atoms with E-state index in [1.54, 1.807) is 48.8 Å². The number of benzene rings is 2. The molecule has 7 heteroatoms. The summed E-state index contributed by atoms with van der Waals surface area (Å²) in [5, 5.41) is 21.2. The summed E-state index contributed by atoms with van der Waals surface area (Å²) in [5.41, 5.74) is 2.64. The lowest BCUT2D eigenvalue weighted by molar-refractivity contribution is -0.140. The van der Waals surface area contributed by atoms with Gasteiger partial charge < -0.3 is 19.8 Å². The molecule has 2 aliphatic heterocycles. The highest BCUT2D eigenvalue weighted by Gasteiger charge is 2.46. The topological polar surface area (TPSA) is 100.0 Å². The van der Waals surface area contributed by atoms with Crippen LogP contribution in [0, 0.1) is 0 Å². The van der Waals surface area contributed by atoms with Crippen LogP contribution in [0.15, 0.2) is 72.6 Å². The number of rotatable bonds is 4. The molecule has 32 heavy (non-hydrogen) atoms. The quantitative estimate of drug-likeness (QED) is 0.376. The summed E-state index contributed by atoms with van der Waals surface area (Å²) in [7, 11) is 0. The summed E-state index contributed by atoms with van der Waals surface area (Å²) >= 11 is 0. The van der Waals surface area contributed by atoms with Crippen LogP contribution in [0.3, 0.4) is 0 Å². The molecule has 5 rings (SSSR count). The average molecular weight is 428 g/mol. The third-order valence-corrected chi connectivity index (χ3v) is 5.76. The van der Waals surface area contributed by atoms with Gasteiger partial charge in [-0.2, -0.15) is 0 Å². The van der Waals surface area contributed by atoms with E-state index in [9.17, 15) is 19.8 Å². The fraction of sp³-hybridized carbons (Fsp3) is 0.160. The normalized spacial score (nSPS) is 19.1. The van der Waals surface area contributed by atoms with Gasteiger partial charge in [0.1, 0.15) is 17.3 Å². The Balaban J connectivity index is 1.65. The number of Topliss-reactive ketones (excluding diaryl/α,β-unsaturated/α-hetero) is 1. The molecule has 3 aromatic rings. The Morgan fingerprint density at radius 1 is 1.12 bits per heavy atom. The molecule has 1 saturated heterocycles. The standard InChI is InChI=1S/C25H20N2O5/c28-19-5-1-4-17(12-19)22-21(23(29)18-6-7-20-16(11-18)8-10-32-20)24(30)25(31)27(22)14-15-3-2-9-26-13-15/h1-7,9,11-13,22,28-29H,8,10,14H2/b23-21-. The Bertz CT molecular complexity index is 1250. The van der Waals surface area contributed by atoms with Crippen LogP contribution in [0.4, 0.5) is 0 Å². The highest BCUT2D eigenvalue weighted by atomic mass is 16.5. The van der Waals surface area contributed by atoms with E-state index in [0.717, 1.165) is 16.9 Å². The molecule has 0 saturated carbocycles. The number of carbonyl (C=O) groups is 2. The van der Waals surface area contributed by atoms with Gasteiger partial charge in [0.2, 0.25) is 0 Å². The highest BCUT2D eigenvalue weighted by Crippen LogP contribution is 2.41. The maximum absolute atomic E-state index is 13.1. The molecule has 2 aromatic carbocycles. The van der Waals surface area contributed by atoms with E-state index >= 15 is 0 Å². The number of ether oxygens (including phenoxy) is 1. The number of hydrogen-bond donors (Lipinski definition) is 2. The molecule has 7 nitrogen and oxygen atoms in total. The summed E-state index contributed by atoms with van der Waals surface area (Å²) < 4.78 is 5.52. The second-order valence-electron chi connectivity index (χ2n) is 7.80. The second kappa shape index (κ2) is 7.85. The Labute approximate surface area is 184 Å². The molecule has 1 unspecified atom stereocenters. The summed E-state index contributed by atoms with van der Waals surface area (Å²) in [6.07, 6.45) is 3.96. The molecule has 160 valence electrons. The van der Waals surface area contributed by atoms with Crippen LogP contribution >= 0.6 is 0 Å². The van der Waals surface area contributed by atoms with Crippen molar-refractivity contribution in [2.45, 2.75) is 19.0 Å². The lowest BCUT2D eigenvalue weighted by Gasteiger charge is -2.25. The summed E-state index contributed by atoms with van der Waals surface area (Å²) in [6, 6.07) is 14.3. The molecule has 3 heterocycles. The second-order valence-corrected chi connectivity index (χ2v) is 7.80. The molecule has 1 fully saturated rings. The van der Waals surface area contributed by atoms with Gasteiger partial charge in [0.25, 0.3) is 11.7 Å². The Morgan fingerprint density at radius 3 is 2.78 bits per heavy atom. The van der Waals surface area contributed by atoms with Crippen LogP contribution in [0.25, 0.3) is 5.76 Å². The van der Waals surface area contributed by atoms with Crippen LogP contribution in [-0.2, 0) is 22.6 Å². The number of carbonyl (C=O) groups excluding carboxylic acids is 2. The summed E-state index contributed by atoms with van der Waals surface area (Å²) in [4.78, 5) is 31.6. The van der Waals surface area contributed by atoms with Crippen LogP contribution in [0.1, 0.15) is 28.3 Å². The lowest BCUT2D eigenvalue weighted by Crippen LogP contribution is -2.29. The molecule has 1 atom stereocenters. The first-order valence-corrected chi connectivity index (χ1v) is 10.3. The van der Waals surface area contributed by atoms with Crippen molar-refractivity contribution in [3.63, 3.8) is 0 Å². The molecule has 0 bridgehead atoms. The first-order chi connectivity index (χ1) is 15.5. The zero-order chi connectivity index (χ0) is 22.2. The van der Waals surface area contributed by atoms with Gasteiger partial charge in [0, 0.05) is 30.9 Å². The number of ketones is 1. The van der Waals surface area contributed by atoms with E-state index in [1.165, 1.54) is 17.0 Å². The van der Waals surface area contributed by atoms with Gasteiger partial charge in [-0.1, -0.05) is 18.2 Å². The van der Waals surface area contributed by atoms with Crippen molar-refractivity contribution in [3.8, 4) is 11.5 Å². The number of amides is 1. The number of likely N-dealkylation sites (tertiary alicyclic amines) is 1. The Kier molecular flexibility index (Phi) is 4.86. The predicted octanol–water partition coefficient (Wildman–Crippen LogP) is 3.34. The SMILES string of the molecule is O=C1C(=O)N(Cc2cccnc2)C(c2cccc(O)c2)/C1=C(/O)c1ccc2c(c1)CCO2. The Morgan fingerprint density at radius 2 is 2.00 bits per heavy atom. The molecule has 0 aliphatic carbocycles. The minimum Gasteiger partial charge on any atom is -0.508 e. The van der Waals surface area contributed by atoms with Crippen molar-refractivity contribution >= 4 is 17.4 Å². The zero-order valence-corrected chi connectivity index (χ0v) is 17.1. The smallest absolute Gasteiger partial charge is 0.295 e. The number of aliphatic hydroxyl groups excluding tert-OH is 1. The van der Waals surface area contributed by atoms with E-state index in [1.807, 2.05) is 6.07 Å². The largest absolute Gasteiger partial charge is 0.508 e. The zero-order valence-electron chi connectivity index (χ0n) is 17.1. The third kappa shape index (κ3) is 3.37. The number of aromatic hydroxyl groups is 1. The molecule has 0 radical (unpaired) electrons. The van der Waals surface area contributed by atoms with Gasteiger partial charge in [-0.05, 0) is 53.1 Å². The van der Waals surface area contributed by atoms with Crippen molar-refractivity contribution in [2.24, 2.45) is 0 Å². The number of nitrogens with zero attached hydrogens (tertiary/aromatic N) is 2. The van der Waals surface area contributed by atoms with Gasteiger partial charge in [-0.3, -0.25) is 14.6 Å². The summed E-state index contributed by atoms with van der Waals surface area (Å²) in [6.45, 7) is 0.700. The van der Waals surface area contributed by atoms with Crippen molar-refractivity contribution in [3.05, 3.63) is 94.8 Å². The minimum atomic E-state index is -0.855. The average Bonchev–Trinajstić information content (AvgIpc) is 3.37. The van der Waals surface area contributed by atoms with Crippen molar-refractivity contribution in [1.82, 2.24) is 9.88 Å². The fourth-order valence-corrected chi connectivity index (χ4v) is 4.26. The fourth-order valence-electron chi connectivity index (χ4n) is 4.26. The highest BCUT2D eigenvalue weighted by molar-refractivity contribution is 6.46. The lowest BCUT2D eigenvalue weighted by atomic mass is 9.94. The number of phenols is 1. The van der Waals surface area contributed by atoms with Gasteiger partial charge in [-0.15, -0.1) is 0 Å². The van der Waals surface area contributed by atoms with Crippen LogP contribution in [-0.4, -0.2) is 38.4 Å². The molecule has 0 spiro atoms.